The molecule has 1 atom stereocenters. The Kier molecular flexibility index (Phi) is 5.45. The van der Waals surface area contributed by atoms with E-state index in [9.17, 15) is 13.2 Å². The van der Waals surface area contributed by atoms with Gasteiger partial charge < -0.3 is 4.74 Å². The average Bonchev–Trinajstić information content (AvgIpc) is 2.74. The molecule has 4 rings (SSSR count). The van der Waals surface area contributed by atoms with Crippen molar-refractivity contribution in [1.29, 1.82) is 0 Å². The molecule has 3 aromatic rings. The first-order valence-electron chi connectivity index (χ1n) is 9.98. The molecule has 1 fully saturated rings. The van der Waals surface area contributed by atoms with Crippen LogP contribution in [0.15, 0.2) is 78.9 Å². The molecule has 1 amide bonds. The van der Waals surface area contributed by atoms with Gasteiger partial charge in [-0.25, -0.2) is 13.2 Å². The van der Waals surface area contributed by atoms with E-state index in [4.69, 9.17) is 4.74 Å². The van der Waals surface area contributed by atoms with Crippen molar-refractivity contribution < 1.29 is 17.9 Å². The molecule has 0 bridgehead atoms. The Morgan fingerprint density at radius 3 is 2.39 bits per heavy atom. The summed E-state index contributed by atoms with van der Waals surface area (Å²) in [6, 6.07) is 24.4. The van der Waals surface area contributed by atoms with Gasteiger partial charge >= 0.3 is 6.09 Å². The molecule has 1 aliphatic rings. The molecule has 3 aromatic carbocycles. The SMILES string of the molecule is CC1(c2ccccc2)CCN(c2cccc(-c3ccccc3NS(C)(=O)=O)c2)C(=O)O1. The molecule has 160 valence electrons. The number of carbonyl (C=O) groups excluding carboxylic acids is 1. The van der Waals surface area contributed by atoms with Crippen LogP contribution in [0.2, 0.25) is 0 Å². The second-order valence-corrected chi connectivity index (χ2v) is 9.59. The van der Waals surface area contributed by atoms with Crippen LogP contribution >= 0.6 is 0 Å². The van der Waals surface area contributed by atoms with E-state index >= 15 is 0 Å². The normalized spacial score (nSPS) is 19.0. The third-order valence-electron chi connectivity index (χ3n) is 5.42. The highest BCUT2D eigenvalue weighted by Crippen LogP contribution is 2.37. The number of ether oxygens (including phenoxy) is 1. The fraction of sp³-hybridized carbons (Fsp3) is 0.208. The highest BCUT2D eigenvalue weighted by Gasteiger charge is 2.38. The van der Waals surface area contributed by atoms with Crippen LogP contribution in [-0.2, 0) is 20.4 Å². The molecule has 1 heterocycles. The zero-order valence-electron chi connectivity index (χ0n) is 17.4. The van der Waals surface area contributed by atoms with Gasteiger partial charge in [-0.3, -0.25) is 9.62 Å². The number of anilines is 2. The molecule has 6 nitrogen and oxygen atoms in total. The number of cyclic esters (lactones) is 1. The molecular formula is C24H24N2O4S. The lowest BCUT2D eigenvalue weighted by Crippen LogP contribution is -2.46. The first-order chi connectivity index (χ1) is 14.8. The lowest BCUT2D eigenvalue weighted by molar-refractivity contribution is 0.00582. The van der Waals surface area contributed by atoms with Crippen molar-refractivity contribution in [2.75, 3.05) is 22.4 Å². The van der Waals surface area contributed by atoms with Crippen molar-refractivity contribution in [2.45, 2.75) is 18.9 Å². The Hall–Kier alpha value is -3.32. The van der Waals surface area contributed by atoms with E-state index < -0.39 is 21.7 Å². The maximum absolute atomic E-state index is 12.9. The number of nitrogens with one attached hydrogen (secondary N) is 1. The lowest BCUT2D eigenvalue weighted by atomic mass is 9.91. The highest BCUT2D eigenvalue weighted by atomic mass is 32.2. The number of sulfonamides is 1. The van der Waals surface area contributed by atoms with Crippen LogP contribution in [0.3, 0.4) is 0 Å². The van der Waals surface area contributed by atoms with Gasteiger partial charge in [0, 0.05) is 24.2 Å². The van der Waals surface area contributed by atoms with Gasteiger partial charge in [-0.15, -0.1) is 0 Å². The molecule has 31 heavy (non-hydrogen) atoms. The maximum atomic E-state index is 12.9. The minimum absolute atomic E-state index is 0.405. The summed E-state index contributed by atoms with van der Waals surface area (Å²) >= 11 is 0. The van der Waals surface area contributed by atoms with Crippen LogP contribution in [0.4, 0.5) is 16.2 Å². The van der Waals surface area contributed by atoms with Gasteiger partial charge in [0.15, 0.2) is 0 Å². The molecule has 0 radical (unpaired) electrons. The molecule has 7 heteroatoms. The lowest BCUT2D eigenvalue weighted by Gasteiger charge is -2.39. The number of para-hydroxylation sites is 1. The standard InChI is InChI=1S/C24H24N2O4S/c1-24(19-10-4-3-5-11-19)15-16-26(23(27)30-24)20-12-8-9-18(17-20)21-13-6-7-14-22(21)25-31(2,28)29/h3-14,17,25H,15-16H2,1-2H3. The summed E-state index contributed by atoms with van der Waals surface area (Å²) in [5.41, 5.74) is 3.02. The van der Waals surface area contributed by atoms with Gasteiger partial charge in [0.2, 0.25) is 10.0 Å². The van der Waals surface area contributed by atoms with Crippen molar-refractivity contribution in [1.82, 2.24) is 0 Å². The van der Waals surface area contributed by atoms with E-state index in [1.807, 2.05) is 73.7 Å². The fourth-order valence-electron chi connectivity index (χ4n) is 3.81. The molecule has 1 N–H and O–H groups in total. The van der Waals surface area contributed by atoms with E-state index in [0.29, 0.717) is 24.3 Å². The molecule has 0 spiro atoms. The molecular weight excluding hydrogens is 412 g/mol. The summed E-state index contributed by atoms with van der Waals surface area (Å²) < 4.78 is 31.9. The fourth-order valence-corrected chi connectivity index (χ4v) is 4.39. The van der Waals surface area contributed by atoms with Crippen LogP contribution in [0, 0.1) is 0 Å². The van der Waals surface area contributed by atoms with E-state index in [0.717, 1.165) is 22.9 Å². The number of hydrogen-bond donors (Lipinski definition) is 1. The summed E-state index contributed by atoms with van der Waals surface area (Å²) in [4.78, 5) is 14.5. The smallest absolute Gasteiger partial charge is 0.415 e. The van der Waals surface area contributed by atoms with E-state index in [1.165, 1.54) is 0 Å². The van der Waals surface area contributed by atoms with Gasteiger partial charge in [0.1, 0.15) is 5.60 Å². The van der Waals surface area contributed by atoms with Gasteiger partial charge in [-0.05, 0) is 36.2 Å². The first kappa shape index (κ1) is 20.9. The first-order valence-corrected chi connectivity index (χ1v) is 11.9. The van der Waals surface area contributed by atoms with Crippen molar-refractivity contribution in [3.05, 3.63) is 84.4 Å². The quantitative estimate of drug-likeness (QED) is 0.612. The largest absolute Gasteiger partial charge is 0.438 e. The van der Waals surface area contributed by atoms with Gasteiger partial charge in [0.05, 0.1) is 11.9 Å². The van der Waals surface area contributed by atoms with Crippen LogP contribution in [0.25, 0.3) is 11.1 Å². The zero-order valence-corrected chi connectivity index (χ0v) is 18.2. The highest BCUT2D eigenvalue weighted by molar-refractivity contribution is 7.92. The summed E-state index contributed by atoms with van der Waals surface area (Å²) in [6.07, 6.45) is 1.37. The average molecular weight is 437 g/mol. The Balaban J connectivity index is 1.61. The Bertz CT molecular complexity index is 1210. The molecule has 1 unspecified atom stereocenters. The molecule has 0 saturated carbocycles. The van der Waals surface area contributed by atoms with Crippen molar-refractivity contribution in [3.63, 3.8) is 0 Å². The zero-order chi connectivity index (χ0) is 22.1. The number of hydrogen-bond acceptors (Lipinski definition) is 4. The minimum atomic E-state index is -3.42. The van der Waals surface area contributed by atoms with Crippen molar-refractivity contribution in [2.24, 2.45) is 0 Å². The molecule has 0 aromatic heterocycles. The van der Waals surface area contributed by atoms with Gasteiger partial charge in [0.25, 0.3) is 0 Å². The molecule has 0 aliphatic carbocycles. The number of rotatable bonds is 5. The Labute approximate surface area is 182 Å². The maximum Gasteiger partial charge on any atom is 0.415 e. The predicted octanol–water partition coefficient (Wildman–Crippen LogP) is 4.99. The number of carbonyl (C=O) groups is 1. The second-order valence-electron chi connectivity index (χ2n) is 7.84. The number of benzene rings is 3. The second kappa shape index (κ2) is 8.07. The van der Waals surface area contributed by atoms with E-state index in [1.54, 1.807) is 17.0 Å². The minimum Gasteiger partial charge on any atom is -0.438 e. The van der Waals surface area contributed by atoms with Gasteiger partial charge in [-0.2, -0.15) is 0 Å². The van der Waals surface area contributed by atoms with E-state index in [2.05, 4.69) is 4.72 Å². The van der Waals surface area contributed by atoms with Crippen LogP contribution < -0.4 is 9.62 Å². The number of amides is 1. The van der Waals surface area contributed by atoms with Crippen LogP contribution in [0.1, 0.15) is 18.9 Å². The van der Waals surface area contributed by atoms with Crippen molar-refractivity contribution in [3.8, 4) is 11.1 Å². The summed E-state index contributed by atoms with van der Waals surface area (Å²) in [6.45, 7) is 2.44. The Morgan fingerprint density at radius 2 is 1.68 bits per heavy atom. The summed E-state index contributed by atoms with van der Waals surface area (Å²) in [5.74, 6) is 0. The topological polar surface area (TPSA) is 75.7 Å². The Morgan fingerprint density at radius 1 is 0.968 bits per heavy atom. The number of nitrogens with zero attached hydrogens (tertiary/aromatic N) is 1. The summed E-state index contributed by atoms with van der Waals surface area (Å²) in [5, 5.41) is 0. The predicted molar refractivity (Wildman–Crippen MR) is 123 cm³/mol. The third kappa shape index (κ3) is 4.56. The molecule has 1 saturated heterocycles. The molecule has 1 aliphatic heterocycles. The van der Waals surface area contributed by atoms with E-state index in [-0.39, 0.29) is 0 Å². The van der Waals surface area contributed by atoms with Crippen LogP contribution in [-0.4, -0.2) is 27.3 Å². The summed E-state index contributed by atoms with van der Waals surface area (Å²) in [7, 11) is -3.42. The van der Waals surface area contributed by atoms with Gasteiger partial charge in [-0.1, -0.05) is 60.7 Å². The van der Waals surface area contributed by atoms with Crippen molar-refractivity contribution >= 4 is 27.5 Å². The third-order valence-corrected chi connectivity index (χ3v) is 6.01. The monoisotopic (exact) mass is 436 g/mol. The van der Waals surface area contributed by atoms with Crippen LogP contribution in [0.5, 0.6) is 0 Å².